The first-order valence-corrected chi connectivity index (χ1v) is 9.18. The molecule has 0 saturated heterocycles. The molecule has 0 spiro atoms. The van der Waals surface area contributed by atoms with Crippen molar-refractivity contribution in [2.75, 3.05) is 0 Å². The molecule has 6 nitrogen and oxygen atoms in total. The number of hydrogen-bond donors (Lipinski definition) is 1. The van der Waals surface area contributed by atoms with Crippen LogP contribution in [0.4, 0.5) is 13.2 Å². The first kappa shape index (κ1) is 19.4. The van der Waals surface area contributed by atoms with E-state index in [1.807, 2.05) is 26.1 Å². The predicted molar refractivity (Wildman–Crippen MR) is 93.2 cm³/mol. The molecule has 1 aliphatic carbocycles. The van der Waals surface area contributed by atoms with Gasteiger partial charge in [0.25, 0.3) is 0 Å². The summed E-state index contributed by atoms with van der Waals surface area (Å²) in [5.41, 5.74) is 0.821. The van der Waals surface area contributed by atoms with Crippen LogP contribution < -0.4 is 5.32 Å². The van der Waals surface area contributed by atoms with Gasteiger partial charge >= 0.3 is 6.18 Å². The highest BCUT2D eigenvalue weighted by Crippen LogP contribution is 2.37. The minimum atomic E-state index is -4.50. The summed E-state index contributed by atoms with van der Waals surface area (Å²) in [7, 11) is 0. The zero-order valence-corrected chi connectivity index (χ0v) is 15.7. The number of nitrogens with one attached hydrogen (secondary N) is 1. The Morgan fingerprint density at radius 1 is 1.33 bits per heavy atom. The van der Waals surface area contributed by atoms with Gasteiger partial charge in [-0.1, -0.05) is 6.92 Å². The quantitative estimate of drug-likeness (QED) is 0.834. The van der Waals surface area contributed by atoms with Crippen molar-refractivity contribution in [3.05, 3.63) is 34.9 Å². The molecule has 1 N–H and O–H groups in total. The summed E-state index contributed by atoms with van der Waals surface area (Å²) in [4.78, 5) is 12.8. The lowest BCUT2D eigenvalue weighted by Crippen LogP contribution is -2.41. The number of hydrogen-bond acceptors (Lipinski definition) is 3. The van der Waals surface area contributed by atoms with Gasteiger partial charge in [-0.15, -0.1) is 0 Å². The molecule has 3 rings (SSSR count). The zero-order chi connectivity index (χ0) is 19.8. The average Bonchev–Trinajstić information content (AvgIpc) is 3.25. The van der Waals surface area contributed by atoms with Crippen LogP contribution in [0.2, 0.25) is 0 Å². The second kappa shape index (κ2) is 7.36. The Kier molecular flexibility index (Phi) is 5.30. The molecule has 27 heavy (non-hydrogen) atoms. The lowest BCUT2D eigenvalue weighted by molar-refractivity contribution is -0.142. The molecule has 0 bridgehead atoms. The van der Waals surface area contributed by atoms with E-state index < -0.39 is 17.9 Å². The highest BCUT2D eigenvalue weighted by molar-refractivity contribution is 5.80. The van der Waals surface area contributed by atoms with E-state index in [0.717, 1.165) is 5.69 Å². The van der Waals surface area contributed by atoms with E-state index in [-0.39, 0.29) is 17.5 Å². The van der Waals surface area contributed by atoms with Crippen molar-refractivity contribution < 1.29 is 18.0 Å². The summed E-state index contributed by atoms with van der Waals surface area (Å²) in [6.45, 7) is 5.99. The number of aromatic nitrogens is 4. The maximum absolute atomic E-state index is 13.3. The molecule has 2 aromatic heterocycles. The van der Waals surface area contributed by atoms with Crippen molar-refractivity contribution in [2.45, 2.75) is 71.3 Å². The van der Waals surface area contributed by atoms with Gasteiger partial charge in [-0.05, 0) is 45.6 Å². The second-order valence-electron chi connectivity index (χ2n) is 7.08. The third-order valence-corrected chi connectivity index (χ3v) is 4.84. The average molecular weight is 383 g/mol. The molecule has 1 amide bonds. The van der Waals surface area contributed by atoms with Crippen LogP contribution in [0.5, 0.6) is 0 Å². The number of rotatable bonds is 6. The molecule has 1 aliphatic rings. The number of aryl methyl sites for hydroxylation is 1. The molecule has 0 saturated carbocycles. The third-order valence-electron chi connectivity index (χ3n) is 4.84. The third kappa shape index (κ3) is 4.01. The fourth-order valence-corrected chi connectivity index (χ4v) is 3.65. The van der Waals surface area contributed by atoms with Crippen LogP contribution in [0.25, 0.3) is 0 Å². The smallest absolute Gasteiger partial charge is 0.350 e. The van der Waals surface area contributed by atoms with Crippen LogP contribution in [0.1, 0.15) is 55.4 Å². The molecule has 0 aromatic carbocycles. The molecular weight excluding hydrogens is 359 g/mol. The molecule has 0 unspecified atom stereocenters. The Labute approximate surface area is 155 Å². The molecule has 0 aliphatic heterocycles. The van der Waals surface area contributed by atoms with Gasteiger partial charge < -0.3 is 5.32 Å². The maximum Gasteiger partial charge on any atom is 0.435 e. The molecule has 0 radical (unpaired) electrons. The van der Waals surface area contributed by atoms with E-state index in [2.05, 4.69) is 15.5 Å². The Morgan fingerprint density at radius 2 is 2.07 bits per heavy atom. The van der Waals surface area contributed by atoms with E-state index in [1.54, 1.807) is 11.6 Å². The van der Waals surface area contributed by atoms with Crippen molar-refractivity contribution in [1.82, 2.24) is 24.9 Å². The first-order valence-electron chi connectivity index (χ1n) is 9.18. The summed E-state index contributed by atoms with van der Waals surface area (Å²) < 4.78 is 42.9. The fraction of sp³-hybridized carbons (Fsp3) is 0.611. The normalized spacial score (nSPS) is 16.2. The van der Waals surface area contributed by atoms with Gasteiger partial charge in [0.05, 0.1) is 12.2 Å². The topological polar surface area (TPSA) is 64.7 Å². The molecular formula is C18H24F3N5O. The van der Waals surface area contributed by atoms with Gasteiger partial charge in [0, 0.05) is 23.5 Å². The summed E-state index contributed by atoms with van der Waals surface area (Å²) >= 11 is 0. The molecule has 148 valence electrons. The zero-order valence-electron chi connectivity index (χ0n) is 15.7. The summed E-state index contributed by atoms with van der Waals surface area (Å²) in [6, 6.07) is 0.904. The first-order chi connectivity index (χ1) is 12.7. The van der Waals surface area contributed by atoms with Crippen molar-refractivity contribution >= 4 is 5.91 Å². The number of halogens is 3. The lowest BCUT2D eigenvalue weighted by atomic mass is 10.1. The number of carbonyl (C=O) groups is 1. The van der Waals surface area contributed by atoms with E-state index >= 15 is 0 Å². The summed E-state index contributed by atoms with van der Waals surface area (Å²) in [6.07, 6.45) is -0.777. The number of alkyl halides is 3. The largest absolute Gasteiger partial charge is 0.435 e. The molecule has 9 heteroatoms. The summed E-state index contributed by atoms with van der Waals surface area (Å²) in [5.74, 6) is -0.320. The number of amides is 1. The van der Waals surface area contributed by atoms with Crippen LogP contribution in [0, 0.1) is 6.92 Å². The lowest BCUT2D eigenvalue weighted by Gasteiger charge is -2.21. The van der Waals surface area contributed by atoms with Crippen LogP contribution >= 0.6 is 0 Å². The molecule has 2 atom stereocenters. The minimum Gasteiger partial charge on any atom is -0.350 e. The van der Waals surface area contributed by atoms with Crippen LogP contribution in [-0.2, 0) is 30.4 Å². The molecule has 2 aromatic rings. The maximum atomic E-state index is 13.3. The minimum absolute atomic E-state index is 0.212. The number of fused-ring (bicyclic) bond motifs is 1. The van der Waals surface area contributed by atoms with Crippen LogP contribution in [-0.4, -0.2) is 31.5 Å². The van der Waals surface area contributed by atoms with Gasteiger partial charge in [-0.3, -0.25) is 14.2 Å². The Balaban J connectivity index is 1.77. The summed E-state index contributed by atoms with van der Waals surface area (Å²) in [5, 5.41) is 11.0. The fourth-order valence-electron chi connectivity index (χ4n) is 3.65. The number of nitrogens with zero attached hydrogens (tertiary/aromatic N) is 4. The van der Waals surface area contributed by atoms with Crippen molar-refractivity contribution in [1.29, 1.82) is 0 Å². The standard InChI is InChI=1S/C18H24F3N5O/c1-4-14(17(27)22-12(3)10-25-9-8-11(2)23-25)26-15-7-5-6-13(15)16(24-26)18(19,20)21/h8-9,12,14H,4-7,10H2,1-3H3,(H,22,27)/t12-,14+/m1/s1. The predicted octanol–water partition coefficient (Wildman–Crippen LogP) is 3.05. The highest BCUT2D eigenvalue weighted by atomic mass is 19.4. The highest BCUT2D eigenvalue weighted by Gasteiger charge is 2.41. The van der Waals surface area contributed by atoms with Crippen LogP contribution in [0.3, 0.4) is 0 Å². The Morgan fingerprint density at radius 3 is 2.67 bits per heavy atom. The van der Waals surface area contributed by atoms with Gasteiger partial charge in [0.2, 0.25) is 5.91 Å². The second-order valence-corrected chi connectivity index (χ2v) is 7.08. The molecule has 2 heterocycles. The van der Waals surface area contributed by atoms with Gasteiger partial charge in [0.1, 0.15) is 6.04 Å². The monoisotopic (exact) mass is 383 g/mol. The van der Waals surface area contributed by atoms with Gasteiger partial charge in [0.15, 0.2) is 5.69 Å². The molecule has 0 fully saturated rings. The van der Waals surface area contributed by atoms with Crippen molar-refractivity contribution in [2.24, 2.45) is 0 Å². The van der Waals surface area contributed by atoms with Crippen molar-refractivity contribution in [3.63, 3.8) is 0 Å². The Hall–Kier alpha value is -2.32. The van der Waals surface area contributed by atoms with Gasteiger partial charge in [-0.2, -0.15) is 23.4 Å². The van der Waals surface area contributed by atoms with E-state index in [1.165, 1.54) is 4.68 Å². The van der Waals surface area contributed by atoms with E-state index in [0.29, 0.717) is 37.9 Å². The van der Waals surface area contributed by atoms with Gasteiger partial charge in [-0.25, -0.2) is 0 Å². The Bertz CT molecular complexity index is 824. The SMILES string of the molecule is CC[C@@H](C(=O)N[C@H](C)Cn1ccc(C)n1)n1nc(C(F)(F)F)c2c1CCC2. The van der Waals surface area contributed by atoms with Crippen LogP contribution in [0.15, 0.2) is 12.3 Å². The van der Waals surface area contributed by atoms with Crippen molar-refractivity contribution in [3.8, 4) is 0 Å². The van der Waals surface area contributed by atoms with E-state index in [9.17, 15) is 18.0 Å². The van der Waals surface area contributed by atoms with E-state index in [4.69, 9.17) is 0 Å². The number of carbonyl (C=O) groups excluding carboxylic acids is 1.